The first-order chi connectivity index (χ1) is 9.68. The van der Waals surface area contributed by atoms with Gasteiger partial charge in [0.25, 0.3) is 5.91 Å². The molecule has 1 heterocycles. The molecule has 0 bridgehead atoms. The second-order valence-corrected chi connectivity index (χ2v) is 7.39. The Bertz CT molecular complexity index is 810. The first kappa shape index (κ1) is 15.6. The molecule has 21 heavy (non-hydrogen) atoms. The number of benzene rings is 1. The zero-order valence-corrected chi connectivity index (χ0v) is 13.4. The van der Waals surface area contributed by atoms with Crippen molar-refractivity contribution in [1.29, 1.82) is 0 Å². The van der Waals surface area contributed by atoms with Gasteiger partial charge in [-0.3, -0.25) is 4.79 Å². The minimum atomic E-state index is -3.75. The van der Waals surface area contributed by atoms with Gasteiger partial charge in [-0.25, -0.2) is 18.5 Å². The molecule has 2 rings (SSSR count). The van der Waals surface area contributed by atoms with Gasteiger partial charge in [0, 0.05) is 5.69 Å². The number of nitrogens with one attached hydrogen (secondary N) is 1. The second kappa shape index (κ2) is 5.55. The molecule has 0 aliphatic heterocycles. The van der Waals surface area contributed by atoms with Gasteiger partial charge in [0.05, 0.1) is 15.6 Å². The van der Waals surface area contributed by atoms with E-state index >= 15 is 0 Å². The van der Waals surface area contributed by atoms with Gasteiger partial charge in [-0.15, -0.1) is 11.3 Å². The summed E-state index contributed by atoms with van der Waals surface area (Å²) in [5.41, 5.74) is 1.83. The van der Waals surface area contributed by atoms with Crippen LogP contribution in [0.25, 0.3) is 0 Å². The van der Waals surface area contributed by atoms with Crippen LogP contribution in [0.5, 0.6) is 0 Å². The number of hydrogen-bond acceptors (Lipinski definition) is 5. The van der Waals surface area contributed by atoms with E-state index in [1.54, 1.807) is 13.8 Å². The number of carbonyl (C=O) groups excluding carboxylic acids is 1. The van der Waals surface area contributed by atoms with Crippen LogP contribution in [-0.2, 0) is 10.0 Å². The maximum absolute atomic E-state index is 12.2. The van der Waals surface area contributed by atoms with E-state index in [2.05, 4.69) is 10.3 Å². The highest BCUT2D eigenvalue weighted by molar-refractivity contribution is 7.89. The van der Waals surface area contributed by atoms with Gasteiger partial charge in [0.15, 0.2) is 0 Å². The molecular formula is C13H15N3O3S2. The normalized spacial score (nSPS) is 11.4. The predicted molar refractivity (Wildman–Crippen MR) is 82.1 cm³/mol. The van der Waals surface area contributed by atoms with Crippen molar-refractivity contribution in [3.63, 3.8) is 0 Å². The van der Waals surface area contributed by atoms with Gasteiger partial charge in [0.2, 0.25) is 10.0 Å². The number of rotatable bonds is 3. The first-order valence-electron chi connectivity index (χ1n) is 6.07. The molecule has 0 atom stereocenters. The van der Waals surface area contributed by atoms with Gasteiger partial charge in [-0.2, -0.15) is 0 Å². The standard InChI is InChI=1S/C13H15N3O3S2/c1-7-6-10(21(14,18)19)4-5-11(7)16-13(17)12-8(2)15-9(3)20-12/h4-6H,1-3H3,(H,16,17)(H2,14,18,19). The largest absolute Gasteiger partial charge is 0.321 e. The van der Waals surface area contributed by atoms with Crippen molar-refractivity contribution in [2.75, 3.05) is 5.32 Å². The van der Waals surface area contributed by atoms with Crippen molar-refractivity contribution in [3.05, 3.63) is 39.3 Å². The Morgan fingerprint density at radius 2 is 1.95 bits per heavy atom. The summed E-state index contributed by atoms with van der Waals surface area (Å²) >= 11 is 1.32. The predicted octanol–water partition coefficient (Wildman–Crippen LogP) is 1.97. The van der Waals surface area contributed by atoms with E-state index in [0.717, 1.165) is 5.01 Å². The summed E-state index contributed by atoms with van der Waals surface area (Å²) in [5.74, 6) is -0.260. The number of carbonyl (C=O) groups is 1. The molecular weight excluding hydrogens is 310 g/mol. The summed E-state index contributed by atoms with van der Waals surface area (Å²) < 4.78 is 22.5. The van der Waals surface area contributed by atoms with Crippen LogP contribution in [0.2, 0.25) is 0 Å². The Labute approximate surface area is 127 Å². The summed E-state index contributed by atoms with van der Waals surface area (Å²) in [7, 11) is -3.75. The number of nitrogens with zero attached hydrogens (tertiary/aromatic N) is 1. The lowest BCUT2D eigenvalue weighted by molar-refractivity contribution is 0.102. The van der Waals surface area contributed by atoms with Crippen LogP contribution in [0.15, 0.2) is 23.1 Å². The Balaban J connectivity index is 2.28. The van der Waals surface area contributed by atoms with Crippen molar-refractivity contribution in [2.24, 2.45) is 5.14 Å². The lowest BCUT2D eigenvalue weighted by atomic mass is 10.2. The molecule has 0 spiro atoms. The maximum Gasteiger partial charge on any atom is 0.267 e. The number of aromatic nitrogens is 1. The third-order valence-electron chi connectivity index (χ3n) is 2.88. The topological polar surface area (TPSA) is 102 Å². The fourth-order valence-electron chi connectivity index (χ4n) is 1.87. The highest BCUT2D eigenvalue weighted by Crippen LogP contribution is 2.22. The fourth-order valence-corrected chi connectivity index (χ4v) is 3.29. The van der Waals surface area contributed by atoms with E-state index in [4.69, 9.17) is 5.14 Å². The summed E-state index contributed by atoms with van der Waals surface area (Å²) in [4.78, 5) is 17.0. The molecule has 0 radical (unpaired) electrons. The average Bonchev–Trinajstić information content (AvgIpc) is 2.69. The maximum atomic E-state index is 12.2. The van der Waals surface area contributed by atoms with Crippen LogP contribution in [0.1, 0.15) is 25.9 Å². The Morgan fingerprint density at radius 1 is 1.29 bits per heavy atom. The van der Waals surface area contributed by atoms with Gasteiger partial charge < -0.3 is 5.32 Å². The molecule has 0 saturated heterocycles. The molecule has 1 aromatic carbocycles. The quantitative estimate of drug-likeness (QED) is 0.900. The highest BCUT2D eigenvalue weighted by atomic mass is 32.2. The van der Waals surface area contributed by atoms with Crippen molar-refractivity contribution in [3.8, 4) is 0 Å². The SMILES string of the molecule is Cc1nc(C)c(C(=O)Nc2ccc(S(N)(=O)=O)cc2C)s1. The van der Waals surface area contributed by atoms with Crippen LogP contribution in [0.4, 0.5) is 5.69 Å². The summed E-state index contributed by atoms with van der Waals surface area (Å²) in [6, 6.07) is 4.31. The molecule has 112 valence electrons. The second-order valence-electron chi connectivity index (χ2n) is 4.62. The minimum Gasteiger partial charge on any atom is -0.321 e. The third-order valence-corrected chi connectivity index (χ3v) is 4.87. The summed E-state index contributed by atoms with van der Waals surface area (Å²) in [5, 5.41) is 8.64. The fraction of sp³-hybridized carbons (Fsp3) is 0.231. The number of thiazole rings is 1. The molecule has 6 nitrogen and oxygen atoms in total. The lowest BCUT2D eigenvalue weighted by Crippen LogP contribution is -2.15. The van der Waals surface area contributed by atoms with Crippen LogP contribution >= 0.6 is 11.3 Å². The molecule has 2 aromatic rings. The van der Waals surface area contributed by atoms with E-state index < -0.39 is 10.0 Å². The third kappa shape index (κ3) is 3.46. The van der Waals surface area contributed by atoms with E-state index in [1.807, 2.05) is 6.92 Å². The zero-order valence-electron chi connectivity index (χ0n) is 11.8. The summed E-state index contributed by atoms with van der Waals surface area (Å²) in [6.45, 7) is 5.31. The van der Waals surface area contributed by atoms with Crippen molar-refractivity contribution in [2.45, 2.75) is 25.7 Å². The molecule has 0 unspecified atom stereocenters. The van der Waals surface area contributed by atoms with Gasteiger partial charge >= 0.3 is 0 Å². The smallest absolute Gasteiger partial charge is 0.267 e. The molecule has 1 aromatic heterocycles. The Morgan fingerprint density at radius 3 is 2.43 bits per heavy atom. The molecule has 0 aliphatic carbocycles. The van der Waals surface area contributed by atoms with Crippen LogP contribution in [0.3, 0.4) is 0 Å². The zero-order chi connectivity index (χ0) is 15.8. The van der Waals surface area contributed by atoms with Gasteiger partial charge in [0.1, 0.15) is 4.88 Å². The number of primary sulfonamides is 1. The molecule has 0 fully saturated rings. The minimum absolute atomic E-state index is 0.0165. The lowest BCUT2D eigenvalue weighted by Gasteiger charge is -2.09. The van der Waals surface area contributed by atoms with Crippen molar-refractivity contribution >= 4 is 33.0 Å². The van der Waals surface area contributed by atoms with Crippen LogP contribution < -0.4 is 10.5 Å². The number of aryl methyl sites for hydroxylation is 3. The molecule has 0 aliphatic rings. The number of amides is 1. The first-order valence-corrected chi connectivity index (χ1v) is 8.43. The highest BCUT2D eigenvalue weighted by Gasteiger charge is 2.16. The number of nitrogens with two attached hydrogens (primary N) is 1. The number of anilines is 1. The molecule has 0 saturated carbocycles. The average molecular weight is 325 g/mol. The number of sulfonamides is 1. The van der Waals surface area contributed by atoms with Gasteiger partial charge in [-0.05, 0) is 44.5 Å². The Kier molecular flexibility index (Phi) is 4.13. The van der Waals surface area contributed by atoms with Crippen LogP contribution in [0, 0.1) is 20.8 Å². The van der Waals surface area contributed by atoms with E-state index in [9.17, 15) is 13.2 Å². The van der Waals surface area contributed by atoms with Gasteiger partial charge in [-0.1, -0.05) is 0 Å². The molecule has 1 amide bonds. The molecule has 3 N–H and O–H groups in total. The summed E-state index contributed by atoms with van der Waals surface area (Å²) in [6.07, 6.45) is 0. The monoisotopic (exact) mass is 325 g/mol. The van der Waals surface area contributed by atoms with E-state index in [-0.39, 0.29) is 10.8 Å². The molecule has 8 heteroatoms. The Hall–Kier alpha value is -1.77. The van der Waals surface area contributed by atoms with Crippen molar-refractivity contribution < 1.29 is 13.2 Å². The van der Waals surface area contributed by atoms with E-state index in [1.165, 1.54) is 29.5 Å². The van der Waals surface area contributed by atoms with Crippen LogP contribution in [-0.4, -0.2) is 19.3 Å². The number of hydrogen-bond donors (Lipinski definition) is 2. The van der Waals surface area contributed by atoms with Crippen molar-refractivity contribution in [1.82, 2.24) is 4.98 Å². The van der Waals surface area contributed by atoms with E-state index in [0.29, 0.717) is 21.8 Å².